The van der Waals surface area contributed by atoms with E-state index in [1.165, 1.54) is 23.9 Å². The van der Waals surface area contributed by atoms with Crippen LogP contribution >= 0.6 is 23.1 Å². The molecule has 7 rings (SSSR count). The molecule has 2 saturated heterocycles. The van der Waals surface area contributed by atoms with Crippen LogP contribution in [0.15, 0.2) is 76.2 Å². The van der Waals surface area contributed by atoms with Gasteiger partial charge in [-0.15, -0.1) is 23.1 Å². The van der Waals surface area contributed by atoms with Gasteiger partial charge in [0.05, 0.1) is 11.7 Å². The number of aromatic nitrogens is 2. The molecule has 3 aliphatic heterocycles. The second-order valence-electron chi connectivity index (χ2n) is 13.3. The molecule has 1 saturated carbocycles. The summed E-state index contributed by atoms with van der Waals surface area (Å²) in [6.07, 6.45) is 8.65. The van der Waals surface area contributed by atoms with Crippen molar-refractivity contribution in [3.05, 3.63) is 88.1 Å². The summed E-state index contributed by atoms with van der Waals surface area (Å²) in [6, 6.07) is 5.99. The maximum atomic E-state index is 13.6. The second-order valence-corrected chi connectivity index (χ2v) is 15.3. The number of aliphatic carboxylic acids is 1. The number of carboxylic acid groups (broad SMARTS) is 1. The van der Waals surface area contributed by atoms with Crippen molar-refractivity contribution in [2.75, 3.05) is 23.3 Å². The number of β-lactam (4-membered cyclic amide) rings is 1. The van der Waals surface area contributed by atoms with Crippen LogP contribution in [0.2, 0.25) is 0 Å². The van der Waals surface area contributed by atoms with Crippen molar-refractivity contribution in [2.45, 2.75) is 62.7 Å². The number of oxime groups is 1. The highest BCUT2D eigenvalue weighted by atomic mass is 32.2. The third-order valence-electron chi connectivity index (χ3n) is 9.51. The summed E-state index contributed by atoms with van der Waals surface area (Å²) in [4.78, 5) is 77.5. The van der Waals surface area contributed by atoms with Crippen LogP contribution in [0.1, 0.15) is 43.4 Å². The Hall–Kier alpha value is -5.82. The monoisotopic (exact) mass is 790 g/mol. The molecule has 2 aromatic heterocycles. The smallest absolute Gasteiger partial charge is 0.290 e. The zero-order valence-corrected chi connectivity index (χ0v) is 30.7. The lowest BCUT2D eigenvalue weighted by Crippen LogP contribution is -2.71. The number of phenols is 1. The Morgan fingerprint density at radius 3 is 2.64 bits per heavy atom. The molecule has 5 N–H and O–H groups in total. The number of hydrogen-bond acceptors (Lipinski definition) is 13. The summed E-state index contributed by atoms with van der Waals surface area (Å²) in [5.74, 6) is -4.87. The Morgan fingerprint density at radius 2 is 1.95 bits per heavy atom. The largest absolute Gasteiger partial charge is 0.543 e. The molecule has 3 fully saturated rings. The first-order chi connectivity index (χ1) is 26.4. The van der Waals surface area contributed by atoms with Gasteiger partial charge in [0, 0.05) is 53.7 Å². The van der Waals surface area contributed by atoms with Gasteiger partial charge < -0.3 is 41.1 Å². The van der Waals surface area contributed by atoms with E-state index in [0.29, 0.717) is 18.5 Å². The number of aromatic hydroxyl groups is 1. The number of carbonyl (C=O) groups is 5. The van der Waals surface area contributed by atoms with Crippen molar-refractivity contribution in [1.82, 2.24) is 20.1 Å². The molecule has 3 aromatic rings. The number of fused-ring (bicyclic) bond motifs is 1. The van der Waals surface area contributed by atoms with E-state index >= 15 is 0 Å². The van der Waals surface area contributed by atoms with Crippen LogP contribution in [0.5, 0.6) is 5.75 Å². The third-order valence-corrected chi connectivity index (χ3v) is 11.5. The number of nitrogen functional groups attached to an aromatic ring is 1. The molecule has 16 nitrogen and oxygen atoms in total. The Morgan fingerprint density at radius 1 is 1.18 bits per heavy atom. The number of benzene rings is 1. The number of phenolic OH excluding ortho intramolecular Hbond substituents is 1. The minimum Gasteiger partial charge on any atom is -0.543 e. The van der Waals surface area contributed by atoms with E-state index in [-0.39, 0.29) is 64.3 Å². The zero-order chi connectivity index (χ0) is 38.8. The predicted octanol–water partition coefficient (Wildman–Crippen LogP) is 0.922. The summed E-state index contributed by atoms with van der Waals surface area (Å²) in [5.41, 5.74) is 7.11. The first-order valence-corrected chi connectivity index (χ1v) is 19.3. The first kappa shape index (κ1) is 37.5. The average Bonchev–Trinajstić information content (AvgIpc) is 3.92. The van der Waals surface area contributed by atoms with E-state index in [1.54, 1.807) is 39.4 Å². The molecule has 0 radical (unpaired) electrons. The number of hydrogen-bond donors (Lipinski definition) is 4. The second kappa shape index (κ2) is 15.9. The molecule has 5 heterocycles. The van der Waals surface area contributed by atoms with Crippen LogP contribution < -0.4 is 26.0 Å². The molecule has 4 amide bonds. The molecule has 19 heteroatoms. The molecule has 4 aliphatic rings. The van der Waals surface area contributed by atoms with Crippen molar-refractivity contribution in [2.24, 2.45) is 5.16 Å². The van der Waals surface area contributed by atoms with Crippen molar-refractivity contribution in [3.63, 3.8) is 0 Å². The molecule has 1 aliphatic carbocycles. The number of nitrogens with one attached hydrogen (secondary N) is 2. The van der Waals surface area contributed by atoms with E-state index in [2.05, 4.69) is 20.8 Å². The molecule has 0 unspecified atom stereocenters. The Kier molecular flexibility index (Phi) is 10.8. The summed E-state index contributed by atoms with van der Waals surface area (Å²) in [6.45, 7) is 0.576. The molecule has 1 aromatic carbocycles. The first-order valence-electron chi connectivity index (χ1n) is 17.4. The number of carbonyl (C=O) groups excluding carboxylic acids is 5. The maximum absolute atomic E-state index is 13.6. The van der Waals surface area contributed by atoms with Crippen LogP contribution in [0.3, 0.4) is 0 Å². The van der Waals surface area contributed by atoms with Gasteiger partial charge in [-0.05, 0) is 61.4 Å². The number of thioether (sulfide) groups is 1. The number of carboxylic acids is 1. The zero-order valence-electron chi connectivity index (χ0n) is 29.1. The van der Waals surface area contributed by atoms with Gasteiger partial charge in [0.1, 0.15) is 23.2 Å². The fourth-order valence-electron chi connectivity index (χ4n) is 6.71. The number of rotatable bonds is 12. The van der Waals surface area contributed by atoms with E-state index < -0.39 is 46.7 Å². The predicted molar refractivity (Wildman–Crippen MR) is 195 cm³/mol. The molecule has 2 atom stereocenters. The number of allylic oxidation sites excluding steroid dienone is 1. The minimum atomic E-state index is -1.58. The van der Waals surface area contributed by atoms with Gasteiger partial charge in [-0.25, -0.2) is 9.37 Å². The normalized spacial score (nSPS) is 20.8. The number of nitrogens with zero attached hydrogens (tertiary/aromatic N) is 5. The SMILES string of the molecule is Nc1nc(/C(=N/OC2CCCC2)C(=O)N[C@@H]2C(=O)N3C(C(=O)[O-])=C(/C=C4\CCN(Cc5cc[n+](CC(=O)Nc6ccc(O)c(F)c6)cc5)C4=O)CS[C@H]23)cs1. The van der Waals surface area contributed by atoms with Gasteiger partial charge >= 0.3 is 0 Å². The van der Waals surface area contributed by atoms with Crippen LogP contribution in [-0.2, 0) is 41.9 Å². The lowest BCUT2D eigenvalue weighted by atomic mass is 10.0. The molecular formula is C36H35FN8O8S2. The highest BCUT2D eigenvalue weighted by Gasteiger charge is 2.53. The standard InChI is InChI=1S/C36H35FN8O8S2/c37-24-14-22(5-6-26(24)46)39-27(47)16-43-10-7-19(8-11-43)15-44-12-9-20(32(44)49)13-21-17-54-34-29(33(50)45(34)30(21)35(51)52)41-31(48)28(25-18-55-36(38)40-25)42-53-23-3-1-2-4-23/h5-8,10-11,13-14,18,23,29,34H,1-4,9,12,15-17H2,(H5-,38,39,40,41,42,46,47,48,51,52)/b20-13+/t29-,34-/m1/s1. The number of halogens is 1. The molecule has 0 spiro atoms. The summed E-state index contributed by atoms with van der Waals surface area (Å²) >= 11 is 2.37. The highest BCUT2D eigenvalue weighted by Crippen LogP contribution is 2.41. The van der Waals surface area contributed by atoms with E-state index in [9.17, 15) is 38.6 Å². The number of likely N-dealkylation sites (tertiary alicyclic amines) is 1. The van der Waals surface area contributed by atoms with Crippen molar-refractivity contribution < 1.29 is 48.0 Å². The van der Waals surface area contributed by atoms with Gasteiger partial charge in [0.25, 0.3) is 17.7 Å². The topological polar surface area (TPSA) is 224 Å². The highest BCUT2D eigenvalue weighted by molar-refractivity contribution is 8.00. The number of amides is 4. The van der Waals surface area contributed by atoms with Crippen LogP contribution in [0.4, 0.5) is 15.2 Å². The summed E-state index contributed by atoms with van der Waals surface area (Å²) in [5, 5.41) is 32.1. The van der Waals surface area contributed by atoms with Crippen LogP contribution in [0, 0.1) is 5.82 Å². The van der Waals surface area contributed by atoms with Crippen molar-refractivity contribution in [1.29, 1.82) is 0 Å². The number of anilines is 2. The summed E-state index contributed by atoms with van der Waals surface area (Å²) in [7, 11) is 0. The van der Waals surface area contributed by atoms with Crippen molar-refractivity contribution >= 4 is 69.2 Å². The Balaban J connectivity index is 0.977. The minimum absolute atomic E-state index is 0.0630. The van der Waals surface area contributed by atoms with Crippen LogP contribution in [0.25, 0.3) is 0 Å². The van der Waals surface area contributed by atoms with Gasteiger partial charge in [-0.2, -0.15) is 4.57 Å². The molecule has 55 heavy (non-hydrogen) atoms. The van der Waals surface area contributed by atoms with Crippen LogP contribution in [-0.4, -0.2) is 85.0 Å². The van der Waals surface area contributed by atoms with Crippen molar-refractivity contribution in [3.8, 4) is 5.75 Å². The fraction of sp³-hybridized carbons (Fsp3) is 0.333. The quantitative estimate of drug-likeness (QED) is 0.0504. The lowest BCUT2D eigenvalue weighted by Gasteiger charge is -2.50. The third kappa shape index (κ3) is 8.16. The molecule has 0 bridgehead atoms. The number of thiazole rings is 1. The Bertz CT molecular complexity index is 2150. The van der Waals surface area contributed by atoms with Gasteiger partial charge in [-0.1, -0.05) is 5.16 Å². The maximum Gasteiger partial charge on any atom is 0.290 e. The van der Waals surface area contributed by atoms with Gasteiger partial charge in [-0.3, -0.25) is 24.1 Å². The van der Waals surface area contributed by atoms with Gasteiger partial charge in [0.2, 0.25) is 12.5 Å². The molecular weight excluding hydrogens is 756 g/mol. The average molecular weight is 791 g/mol. The number of pyridine rings is 1. The molecule has 286 valence electrons. The Labute approximate surface area is 321 Å². The van der Waals surface area contributed by atoms with E-state index in [4.69, 9.17) is 10.6 Å². The summed E-state index contributed by atoms with van der Waals surface area (Å²) < 4.78 is 15.2. The van der Waals surface area contributed by atoms with E-state index in [0.717, 1.165) is 59.6 Å². The number of nitrogens with two attached hydrogens (primary N) is 1. The fourth-order valence-corrected chi connectivity index (χ4v) is 8.56. The van der Waals surface area contributed by atoms with E-state index in [1.807, 2.05) is 0 Å². The van der Waals surface area contributed by atoms with Gasteiger partial charge in [0.15, 0.2) is 34.8 Å². The lowest BCUT2D eigenvalue weighted by molar-refractivity contribution is -0.684.